The van der Waals surface area contributed by atoms with Crippen molar-refractivity contribution in [3.8, 4) is 0 Å². The summed E-state index contributed by atoms with van der Waals surface area (Å²) in [6, 6.07) is -1.39. The molecule has 2 aliphatic heterocycles. The standard InChI is InChI=1S/C12H20N2O4S/c1-3-9-12(16)14(10(4-2)11(15)13-9)8-5-6-19(17,18)7-8/h8-10H,3-7H2,1-2H3,(H,13,15). The number of sulfone groups is 1. The first-order valence-electron chi connectivity index (χ1n) is 6.72. The van der Waals surface area contributed by atoms with E-state index in [1.54, 1.807) is 0 Å². The highest BCUT2D eigenvalue weighted by molar-refractivity contribution is 7.91. The summed E-state index contributed by atoms with van der Waals surface area (Å²) in [4.78, 5) is 25.9. The van der Waals surface area contributed by atoms with Gasteiger partial charge in [-0.05, 0) is 19.3 Å². The van der Waals surface area contributed by atoms with Gasteiger partial charge in [0.25, 0.3) is 0 Å². The summed E-state index contributed by atoms with van der Waals surface area (Å²) in [5, 5.41) is 2.71. The predicted molar refractivity (Wildman–Crippen MR) is 70.2 cm³/mol. The second-order valence-electron chi connectivity index (χ2n) is 5.20. The molecular weight excluding hydrogens is 268 g/mol. The van der Waals surface area contributed by atoms with Gasteiger partial charge < -0.3 is 10.2 Å². The molecular formula is C12H20N2O4S. The predicted octanol–water partition coefficient (Wildman–Crippen LogP) is -0.311. The molecule has 0 aromatic heterocycles. The highest BCUT2D eigenvalue weighted by atomic mass is 32.2. The summed E-state index contributed by atoms with van der Waals surface area (Å²) in [6.07, 6.45) is 1.47. The normalized spacial score (nSPS) is 34.4. The van der Waals surface area contributed by atoms with E-state index in [-0.39, 0.29) is 29.4 Å². The van der Waals surface area contributed by atoms with Crippen LogP contribution in [-0.2, 0) is 19.4 Å². The molecule has 6 nitrogen and oxygen atoms in total. The quantitative estimate of drug-likeness (QED) is 0.772. The molecule has 2 saturated heterocycles. The second-order valence-corrected chi connectivity index (χ2v) is 7.42. The number of carbonyl (C=O) groups is 2. The van der Waals surface area contributed by atoms with Crippen LogP contribution in [0.15, 0.2) is 0 Å². The Bertz CT molecular complexity index is 488. The lowest BCUT2D eigenvalue weighted by Crippen LogP contribution is -2.65. The molecule has 1 N–H and O–H groups in total. The van der Waals surface area contributed by atoms with E-state index in [0.29, 0.717) is 19.3 Å². The van der Waals surface area contributed by atoms with Gasteiger partial charge in [-0.3, -0.25) is 9.59 Å². The maximum Gasteiger partial charge on any atom is 0.246 e. The van der Waals surface area contributed by atoms with Gasteiger partial charge in [0.1, 0.15) is 12.1 Å². The van der Waals surface area contributed by atoms with Gasteiger partial charge in [-0.1, -0.05) is 13.8 Å². The molecule has 0 bridgehead atoms. The summed E-state index contributed by atoms with van der Waals surface area (Å²) in [7, 11) is -3.07. The molecule has 0 saturated carbocycles. The van der Waals surface area contributed by atoms with Gasteiger partial charge in [0, 0.05) is 6.04 Å². The molecule has 0 spiro atoms. The molecule has 19 heavy (non-hydrogen) atoms. The molecule has 2 amide bonds. The molecule has 3 unspecified atom stereocenters. The Labute approximate surface area is 113 Å². The molecule has 2 fully saturated rings. The van der Waals surface area contributed by atoms with E-state index in [9.17, 15) is 18.0 Å². The first-order valence-corrected chi connectivity index (χ1v) is 8.54. The van der Waals surface area contributed by atoms with Gasteiger partial charge in [-0.15, -0.1) is 0 Å². The van der Waals surface area contributed by atoms with Crippen LogP contribution in [0.3, 0.4) is 0 Å². The summed E-state index contributed by atoms with van der Waals surface area (Å²) < 4.78 is 23.2. The topological polar surface area (TPSA) is 83.6 Å². The van der Waals surface area contributed by atoms with Crippen LogP contribution in [0.2, 0.25) is 0 Å². The van der Waals surface area contributed by atoms with E-state index in [2.05, 4.69) is 5.32 Å². The van der Waals surface area contributed by atoms with Gasteiger partial charge in [-0.2, -0.15) is 0 Å². The highest BCUT2D eigenvalue weighted by Gasteiger charge is 2.45. The van der Waals surface area contributed by atoms with Crippen molar-refractivity contribution < 1.29 is 18.0 Å². The van der Waals surface area contributed by atoms with Crippen LogP contribution in [0, 0.1) is 0 Å². The summed E-state index contributed by atoms with van der Waals surface area (Å²) in [5.41, 5.74) is 0. The molecule has 7 heteroatoms. The van der Waals surface area contributed by atoms with Crippen LogP contribution in [0.25, 0.3) is 0 Å². The third-order valence-corrected chi connectivity index (χ3v) is 5.65. The van der Waals surface area contributed by atoms with Gasteiger partial charge in [0.05, 0.1) is 11.5 Å². The Morgan fingerprint density at radius 3 is 2.42 bits per heavy atom. The highest BCUT2D eigenvalue weighted by Crippen LogP contribution is 2.25. The number of amides is 2. The van der Waals surface area contributed by atoms with E-state index in [4.69, 9.17) is 0 Å². The lowest BCUT2D eigenvalue weighted by atomic mass is 10.0. The molecule has 108 valence electrons. The minimum atomic E-state index is -3.07. The minimum absolute atomic E-state index is 0.0149. The second kappa shape index (κ2) is 5.11. The monoisotopic (exact) mass is 288 g/mol. The zero-order valence-electron chi connectivity index (χ0n) is 11.3. The van der Waals surface area contributed by atoms with E-state index in [1.807, 2.05) is 13.8 Å². The first kappa shape index (κ1) is 14.3. The van der Waals surface area contributed by atoms with Gasteiger partial charge in [-0.25, -0.2) is 8.42 Å². The number of hydrogen-bond donors (Lipinski definition) is 1. The van der Waals surface area contributed by atoms with E-state index in [0.717, 1.165) is 0 Å². The molecule has 0 radical (unpaired) electrons. The molecule has 2 rings (SSSR count). The summed E-state index contributed by atoms with van der Waals surface area (Å²) in [5.74, 6) is -0.218. The smallest absolute Gasteiger partial charge is 0.246 e. The zero-order valence-corrected chi connectivity index (χ0v) is 12.1. The van der Waals surface area contributed by atoms with Crippen LogP contribution in [0.4, 0.5) is 0 Å². The molecule has 2 heterocycles. The molecule has 2 aliphatic rings. The Hall–Kier alpha value is -1.11. The Morgan fingerprint density at radius 2 is 1.95 bits per heavy atom. The Balaban J connectivity index is 2.27. The number of nitrogens with one attached hydrogen (secondary N) is 1. The van der Waals surface area contributed by atoms with Crippen molar-refractivity contribution in [2.75, 3.05) is 11.5 Å². The molecule has 0 aromatic carbocycles. The van der Waals surface area contributed by atoms with Crippen molar-refractivity contribution in [1.82, 2.24) is 10.2 Å². The molecule has 0 aliphatic carbocycles. The number of rotatable bonds is 3. The maximum atomic E-state index is 12.4. The fourth-order valence-electron chi connectivity index (χ4n) is 2.88. The van der Waals surface area contributed by atoms with Crippen LogP contribution < -0.4 is 5.32 Å². The largest absolute Gasteiger partial charge is 0.343 e. The number of hydrogen-bond acceptors (Lipinski definition) is 4. The third-order valence-electron chi connectivity index (χ3n) is 3.90. The van der Waals surface area contributed by atoms with Crippen molar-refractivity contribution in [3.05, 3.63) is 0 Å². The van der Waals surface area contributed by atoms with Crippen molar-refractivity contribution in [3.63, 3.8) is 0 Å². The van der Waals surface area contributed by atoms with Crippen LogP contribution >= 0.6 is 0 Å². The maximum absolute atomic E-state index is 12.4. The van der Waals surface area contributed by atoms with Gasteiger partial charge in [0.2, 0.25) is 11.8 Å². The lowest BCUT2D eigenvalue weighted by molar-refractivity contribution is -0.151. The minimum Gasteiger partial charge on any atom is -0.343 e. The SMILES string of the molecule is CCC1NC(=O)C(CC)N(C2CCS(=O)(=O)C2)C1=O. The fourth-order valence-corrected chi connectivity index (χ4v) is 4.59. The zero-order chi connectivity index (χ0) is 14.2. The van der Waals surface area contributed by atoms with Gasteiger partial charge in [0.15, 0.2) is 9.84 Å². The summed E-state index contributed by atoms with van der Waals surface area (Å²) in [6.45, 7) is 3.67. The average molecular weight is 288 g/mol. The Kier molecular flexibility index (Phi) is 3.85. The third kappa shape index (κ3) is 2.61. The van der Waals surface area contributed by atoms with Crippen molar-refractivity contribution >= 4 is 21.7 Å². The van der Waals surface area contributed by atoms with Gasteiger partial charge >= 0.3 is 0 Å². The van der Waals surface area contributed by atoms with Crippen molar-refractivity contribution in [2.24, 2.45) is 0 Å². The number of nitrogens with zero attached hydrogens (tertiary/aromatic N) is 1. The van der Waals surface area contributed by atoms with Crippen molar-refractivity contribution in [1.29, 1.82) is 0 Å². The van der Waals surface area contributed by atoms with E-state index < -0.39 is 21.9 Å². The van der Waals surface area contributed by atoms with E-state index in [1.165, 1.54) is 4.90 Å². The van der Waals surface area contributed by atoms with Crippen LogP contribution in [0.5, 0.6) is 0 Å². The first-order chi connectivity index (χ1) is 8.89. The Morgan fingerprint density at radius 1 is 1.26 bits per heavy atom. The average Bonchev–Trinajstić information content (AvgIpc) is 2.71. The van der Waals surface area contributed by atoms with E-state index >= 15 is 0 Å². The fraction of sp³-hybridized carbons (Fsp3) is 0.833. The van der Waals surface area contributed by atoms with Crippen LogP contribution in [-0.4, -0.2) is 54.8 Å². The number of carbonyl (C=O) groups excluding carboxylic acids is 2. The number of piperazine rings is 1. The van der Waals surface area contributed by atoms with Crippen LogP contribution in [0.1, 0.15) is 33.1 Å². The molecule has 3 atom stereocenters. The lowest BCUT2D eigenvalue weighted by Gasteiger charge is -2.41. The van der Waals surface area contributed by atoms with Crippen molar-refractivity contribution in [2.45, 2.75) is 51.2 Å². The molecule has 0 aromatic rings. The summed E-state index contributed by atoms with van der Waals surface area (Å²) >= 11 is 0.